The Morgan fingerprint density at radius 1 is 1.30 bits per heavy atom. The molecule has 0 aliphatic heterocycles. The Labute approximate surface area is 127 Å². The van der Waals surface area contributed by atoms with Crippen LogP contribution in [0.5, 0.6) is 0 Å². The molecule has 0 aliphatic carbocycles. The molecule has 1 aromatic rings. The fraction of sp³-hybridized carbons (Fsp3) is 0.429. The molecule has 1 rings (SSSR count). The topological polar surface area (TPSA) is 89.4 Å². The molecule has 0 fully saturated rings. The first-order valence-electron chi connectivity index (χ1n) is 6.45. The summed E-state index contributed by atoms with van der Waals surface area (Å²) < 4.78 is 0.963. The lowest BCUT2D eigenvalue weighted by molar-refractivity contribution is -0.139. The van der Waals surface area contributed by atoms with Crippen LogP contribution in [0.4, 0.5) is 0 Å². The van der Waals surface area contributed by atoms with Crippen LogP contribution in [-0.2, 0) is 16.1 Å². The van der Waals surface area contributed by atoms with Crippen LogP contribution in [0.15, 0.2) is 28.7 Å². The molecular formula is C14H20BrN3O2. The highest BCUT2D eigenvalue weighted by Crippen LogP contribution is 2.14. The highest BCUT2D eigenvalue weighted by molar-refractivity contribution is 9.10. The zero-order valence-corrected chi connectivity index (χ0v) is 13.1. The number of halogens is 1. The van der Waals surface area contributed by atoms with Gasteiger partial charge in [-0.1, -0.05) is 35.0 Å². The second kappa shape index (κ2) is 8.01. The lowest BCUT2D eigenvalue weighted by Crippen LogP contribution is -2.41. The van der Waals surface area contributed by atoms with E-state index in [1.807, 2.05) is 31.2 Å². The number of carbonyl (C=O) groups is 2. The quantitative estimate of drug-likeness (QED) is 0.781. The third kappa shape index (κ3) is 5.30. The van der Waals surface area contributed by atoms with E-state index in [1.54, 1.807) is 0 Å². The van der Waals surface area contributed by atoms with Gasteiger partial charge in [0.25, 0.3) is 0 Å². The zero-order chi connectivity index (χ0) is 15.1. The highest BCUT2D eigenvalue weighted by atomic mass is 79.9. The number of hydrogen-bond donors (Lipinski definition) is 2. The van der Waals surface area contributed by atoms with Crippen molar-refractivity contribution < 1.29 is 9.59 Å². The Kier molecular flexibility index (Phi) is 6.67. The van der Waals surface area contributed by atoms with Crippen LogP contribution in [0, 0.1) is 5.92 Å². The summed E-state index contributed by atoms with van der Waals surface area (Å²) >= 11 is 3.36. The molecule has 5 nitrogen and oxygen atoms in total. The molecule has 0 saturated heterocycles. The molecule has 4 N–H and O–H groups in total. The Morgan fingerprint density at radius 3 is 2.40 bits per heavy atom. The minimum atomic E-state index is -0.518. The van der Waals surface area contributed by atoms with Crippen molar-refractivity contribution in [2.75, 3.05) is 13.1 Å². The summed E-state index contributed by atoms with van der Waals surface area (Å²) in [7, 11) is 0. The van der Waals surface area contributed by atoms with Crippen LogP contribution in [-0.4, -0.2) is 29.8 Å². The van der Waals surface area contributed by atoms with E-state index in [0.717, 1.165) is 10.0 Å². The number of primary amides is 1. The van der Waals surface area contributed by atoms with E-state index in [4.69, 9.17) is 11.5 Å². The van der Waals surface area contributed by atoms with Crippen LogP contribution in [0.3, 0.4) is 0 Å². The summed E-state index contributed by atoms with van der Waals surface area (Å²) in [6, 6.07) is 7.59. The summed E-state index contributed by atoms with van der Waals surface area (Å²) in [6.07, 6.45) is 0.592. The van der Waals surface area contributed by atoms with Gasteiger partial charge in [-0.15, -0.1) is 0 Å². The van der Waals surface area contributed by atoms with Gasteiger partial charge in [-0.2, -0.15) is 0 Å². The molecule has 1 aromatic carbocycles. The van der Waals surface area contributed by atoms with E-state index < -0.39 is 5.91 Å². The highest BCUT2D eigenvalue weighted by Gasteiger charge is 2.21. The maximum atomic E-state index is 12.3. The third-order valence-electron chi connectivity index (χ3n) is 2.97. The van der Waals surface area contributed by atoms with Crippen LogP contribution in [0.1, 0.15) is 18.9 Å². The number of hydrogen-bond acceptors (Lipinski definition) is 3. The maximum absolute atomic E-state index is 12.3. The van der Waals surface area contributed by atoms with Gasteiger partial charge in [-0.25, -0.2) is 0 Å². The number of benzene rings is 1. The van der Waals surface area contributed by atoms with E-state index >= 15 is 0 Å². The average molecular weight is 342 g/mol. The van der Waals surface area contributed by atoms with E-state index in [2.05, 4.69) is 15.9 Å². The standard InChI is InChI=1S/C14H20BrN3O2/c1-10(6-7-16)14(20)18(9-13(17)19)8-11-2-4-12(15)5-3-11/h2-5,10H,6-9,16H2,1H3,(H2,17,19). The summed E-state index contributed by atoms with van der Waals surface area (Å²) in [4.78, 5) is 24.9. The molecule has 20 heavy (non-hydrogen) atoms. The first kappa shape index (κ1) is 16.7. The van der Waals surface area contributed by atoms with Gasteiger partial charge >= 0.3 is 0 Å². The van der Waals surface area contributed by atoms with Crippen molar-refractivity contribution >= 4 is 27.7 Å². The van der Waals surface area contributed by atoms with Gasteiger partial charge in [-0.3, -0.25) is 9.59 Å². The lowest BCUT2D eigenvalue weighted by atomic mass is 10.1. The Hall–Kier alpha value is -1.40. The SMILES string of the molecule is CC(CCN)C(=O)N(CC(N)=O)Cc1ccc(Br)cc1. The minimum absolute atomic E-state index is 0.0796. The molecule has 1 unspecified atom stereocenters. The second-order valence-corrected chi connectivity index (χ2v) is 5.68. The number of rotatable bonds is 7. The summed E-state index contributed by atoms with van der Waals surface area (Å²) in [5, 5.41) is 0. The molecule has 0 aromatic heterocycles. The second-order valence-electron chi connectivity index (χ2n) is 4.77. The van der Waals surface area contributed by atoms with Gasteiger partial charge in [0.15, 0.2) is 0 Å². The maximum Gasteiger partial charge on any atom is 0.237 e. The summed E-state index contributed by atoms with van der Waals surface area (Å²) in [6.45, 7) is 2.54. The molecule has 2 amide bonds. The normalized spacial score (nSPS) is 11.9. The lowest BCUT2D eigenvalue weighted by Gasteiger charge is -2.24. The summed E-state index contributed by atoms with van der Waals surface area (Å²) in [5.74, 6) is -0.831. The largest absolute Gasteiger partial charge is 0.368 e. The Bertz CT molecular complexity index is 462. The van der Waals surface area contributed by atoms with E-state index in [0.29, 0.717) is 19.5 Å². The molecule has 110 valence electrons. The molecule has 0 radical (unpaired) electrons. The number of nitrogens with zero attached hydrogens (tertiary/aromatic N) is 1. The van der Waals surface area contributed by atoms with Crippen molar-refractivity contribution in [3.63, 3.8) is 0 Å². The molecular weight excluding hydrogens is 322 g/mol. The zero-order valence-electron chi connectivity index (χ0n) is 11.5. The number of carbonyl (C=O) groups excluding carboxylic acids is 2. The first-order valence-corrected chi connectivity index (χ1v) is 7.25. The van der Waals surface area contributed by atoms with Gasteiger partial charge in [0, 0.05) is 16.9 Å². The molecule has 6 heteroatoms. The minimum Gasteiger partial charge on any atom is -0.368 e. The Balaban J connectivity index is 2.80. The van der Waals surface area contributed by atoms with Crippen LogP contribution in [0.2, 0.25) is 0 Å². The van der Waals surface area contributed by atoms with E-state index in [9.17, 15) is 9.59 Å². The Morgan fingerprint density at radius 2 is 1.90 bits per heavy atom. The fourth-order valence-corrected chi connectivity index (χ4v) is 2.16. The predicted molar refractivity (Wildman–Crippen MR) is 81.6 cm³/mol. The van der Waals surface area contributed by atoms with E-state index in [-0.39, 0.29) is 18.4 Å². The fourth-order valence-electron chi connectivity index (χ4n) is 1.90. The number of nitrogens with two attached hydrogens (primary N) is 2. The van der Waals surface area contributed by atoms with Gasteiger partial charge in [0.1, 0.15) is 0 Å². The van der Waals surface area contributed by atoms with Crippen LogP contribution in [0.25, 0.3) is 0 Å². The third-order valence-corrected chi connectivity index (χ3v) is 3.49. The molecule has 0 heterocycles. The summed E-state index contributed by atoms with van der Waals surface area (Å²) in [5.41, 5.74) is 11.6. The number of amides is 2. The average Bonchev–Trinajstić information content (AvgIpc) is 2.39. The van der Waals surface area contributed by atoms with Crippen molar-refractivity contribution in [2.45, 2.75) is 19.9 Å². The predicted octanol–water partition coefficient (Wildman–Crippen LogP) is 1.25. The van der Waals surface area contributed by atoms with E-state index in [1.165, 1.54) is 4.90 Å². The monoisotopic (exact) mass is 341 g/mol. The van der Waals surface area contributed by atoms with Crippen molar-refractivity contribution in [2.24, 2.45) is 17.4 Å². The molecule has 0 bridgehead atoms. The van der Waals surface area contributed by atoms with Crippen molar-refractivity contribution in [1.29, 1.82) is 0 Å². The van der Waals surface area contributed by atoms with Crippen molar-refractivity contribution in [3.05, 3.63) is 34.3 Å². The van der Waals surface area contributed by atoms with Gasteiger partial charge in [0.2, 0.25) is 11.8 Å². The molecule has 1 atom stereocenters. The van der Waals surface area contributed by atoms with Gasteiger partial charge in [0.05, 0.1) is 6.54 Å². The van der Waals surface area contributed by atoms with Gasteiger partial charge in [-0.05, 0) is 30.7 Å². The molecule has 0 spiro atoms. The smallest absolute Gasteiger partial charge is 0.237 e. The van der Waals surface area contributed by atoms with Crippen LogP contribution < -0.4 is 11.5 Å². The van der Waals surface area contributed by atoms with Crippen LogP contribution >= 0.6 is 15.9 Å². The van der Waals surface area contributed by atoms with Crippen molar-refractivity contribution in [1.82, 2.24) is 4.90 Å². The first-order chi connectivity index (χ1) is 9.43. The molecule has 0 aliphatic rings. The van der Waals surface area contributed by atoms with Gasteiger partial charge < -0.3 is 16.4 Å². The molecule has 0 saturated carbocycles. The van der Waals surface area contributed by atoms with Crippen molar-refractivity contribution in [3.8, 4) is 0 Å².